The minimum atomic E-state index is -3.50. The van der Waals surface area contributed by atoms with Crippen molar-refractivity contribution in [2.75, 3.05) is 49.9 Å². The Kier molecular flexibility index (Phi) is 7.53. The van der Waals surface area contributed by atoms with E-state index < -0.39 is 9.84 Å². The SMILES string of the molecule is Cc1ccc2nc(N3CCN(CCNC(=O)CCS(=O)(=O)c4ccc(Cl)cc4)CC3)sc2c1. The summed E-state index contributed by atoms with van der Waals surface area (Å²) in [5.41, 5.74) is 2.29. The number of carbonyl (C=O) groups excluding carboxylic acids is 1. The first-order chi connectivity index (χ1) is 15.8. The largest absolute Gasteiger partial charge is 0.355 e. The average molecular weight is 507 g/mol. The summed E-state index contributed by atoms with van der Waals surface area (Å²) >= 11 is 7.53. The molecule has 0 unspecified atom stereocenters. The first kappa shape index (κ1) is 23.9. The number of rotatable bonds is 8. The highest BCUT2D eigenvalue weighted by Crippen LogP contribution is 2.30. The van der Waals surface area contributed by atoms with Crippen LogP contribution in [0.25, 0.3) is 10.2 Å². The highest BCUT2D eigenvalue weighted by molar-refractivity contribution is 7.91. The van der Waals surface area contributed by atoms with Gasteiger partial charge >= 0.3 is 0 Å². The lowest BCUT2D eigenvalue weighted by Gasteiger charge is -2.34. The van der Waals surface area contributed by atoms with Crippen LogP contribution in [0.15, 0.2) is 47.4 Å². The Bertz CT molecular complexity index is 1220. The maximum atomic E-state index is 12.4. The van der Waals surface area contributed by atoms with E-state index in [0.29, 0.717) is 11.6 Å². The van der Waals surface area contributed by atoms with Crippen molar-refractivity contribution >= 4 is 54.0 Å². The third kappa shape index (κ3) is 6.23. The fourth-order valence-electron chi connectivity index (χ4n) is 3.75. The van der Waals surface area contributed by atoms with Crippen molar-refractivity contribution < 1.29 is 13.2 Å². The van der Waals surface area contributed by atoms with Crippen LogP contribution in [0.2, 0.25) is 5.02 Å². The lowest BCUT2D eigenvalue weighted by atomic mass is 10.2. The minimum Gasteiger partial charge on any atom is -0.355 e. The van der Waals surface area contributed by atoms with Gasteiger partial charge in [-0.2, -0.15) is 0 Å². The number of amides is 1. The van der Waals surface area contributed by atoms with Crippen LogP contribution in [0.3, 0.4) is 0 Å². The van der Waals surface area contributed by atoms with Gasteiger partial charge in [0.15, 0.2) is 15.0 Å². The van der Waals surface area contributed by atoms with Crippen molar-refractivity contribution in [1.29, 1.82) is 0 Å². The molecule has 1 aromatic heterocycles. The number of thiazole rings is 1. The van der Waals surface area contributed by atoms with Gasteiger partial charge < -0.3 is 10.2 Å². The second-order valence-electron chi connectivity index (χ2n) is 8.17. The molecule has 33 heavy (non-hydrogen) atoms. The Balaban J connectivity index is 1.17. The molecular formula is C23H27ClN4O3S2. The molecule has 1 amide bonds. The van der Waals surface area contributed by atoms with Gasteiger partial charge in [-0.1, -0.05) is 29.0 Å². The maximum absolute atomic E-state index is 12.4. The molecule has 2 aromatic carbocycles. The molecule has 0 atom stereocenters. The van der Waals surface area contributed by atoms with E-state index in [-0.39, 0.29) is 23.0 Å². The molecule has 176 valence electrons. The first-order valence-electron chi connectivity index (χ1n) is 10.9. The zero-order valence-electron chi connectivity index (χ0n) is 18.5. The summed E-state index contributed by atoms with van der Waals surface area (Å²) in [6.45, 7) is 6.92. The number of nitrogens with one attached hydrogen (secondary N) is 1. The molecule has 10 heteroatoms. The number of aromatic nitrogens is 1. The number of fused-ring (bicyclic) bond motifs is 1. The number of anilines is 1. The van der Waals surface area contributed by atoms with Gasteiger partial charge in [0, 0.05) is 50.7 Å². The van der Waals surface area contributed by atoms with Crippen LogP contribution in [0, 0.1) is 6.92 Å². The molecule has 0 bridgehead atoms. The lowest BCUT2D eigenvalue weighted by Crippen LogP contribution is -2.48. The summed E-state index contributed by atoms with van der Waals surface area (Å²) in [7, 11) is -3.50. The number of sulfone groups is 1. The molecule has 7 nitrogen and oxygen atoms in total. The third-order valence-corrected chi connectivity index (χ3v) is 8.76. The number of carbonyl (C=O) groups is 1. The van der Waals surface area contributed by atoms with Gasteiger partial charge in [-0.25, -0.2) is 13.4 Å². The van der Waals surface area contributed by atoms with Gasteiger partial charge in [-0.3, -0.25) is 9.69 Å². The van der Waals surface area contributed by atoms with E-state index >= 15 is 0 Å². The van der Waals surface area contributed by atoms with E-state index in [1.165, 1.54) is 34.5 Å². The summed E-state index contributed by atoms with van der Waals surface area (Å²) in [5.74, 6) is -0.475. The monoisotopic (exact) mass is 506 g/mol. The van der Waals surface area contributed by atoms with Gasteiger partial charge in [0.1, 0.15) is 0 Å². The van der Waals surface area contributed by atoms with Crippen molar-refractivity contribution in [3.63, 3.8) is 0 Å². The average Bonchev–Trinajstić information content (AvgIpc) is 3.22. The van der Waals surface area contributed by atoms with Crippen molar-refractivity contribution in [2.45, 2.75) is 18.2 Å². The Hall–Kier alpha value is -2.20. The van der Waals surface area contributed by atoms with E-state index in [0.717, 1.165) is 43.4 Å². The standard InChI is InChI=1S/C23H27ClN4O3S2/c1-17-2-7-20-21(16-17)32-23(26-20)28-13-11-27(12-14-28)10-9-25-22(29)8-15-33(30,31)19-5-3-18(24)4-6-19/h2-7,16H,8-15H2,1H3,(H,25,29). The van der Waals surface area contributed by atoms with Gasteiger partial charge in [0.2, 0.25) is 5.91 Å². The van der Waals surface area contributed by atoms with Crippen molar-refractivity contribution in [1.82, 2.24) is 15.2 Å². The number of aryl methyl sites for hydroxylation is 1. The highest BCUT2D eigenvalue weighted by atomic mass is 35.5. The zero-order chi connectivity index (χ0) is 23.4. The van der Waals surface area contributed by atoms with Gasteiger partial charge in [0.05, 0.1) is 20.9 Å². The molecule has 1 aliphatic heterocycles. The van der Waals surface area contributed by atoms with Crippen molar-refractivity contribution in [2.24, 2.45) is 0 Å². The number of benzene rings is 2. The van der Waals surface area contributed by atoms with Crippen LogP contribution in [0.4, 0.5) is 5.13 Å². The zero-order valence-corrected chi connectivity index (χ0v) is 20.8. The number of hydrogen-bond acceptors (Lipinski definition) is 7. The van der Waals surface area contributed by atoms with Crippen LogP contribution in [-0.4, -0.2) is 69.2 Å². The van der Waals surface area contributed by atoms with E-state index in [1.807, 2.05) is 0 Å². The Morgan fingerprint density at radius 3 is 2.58 bits per heavy atom. The second-order valence-corrected chi connectivity index (χ2v) is 11.7. The van der Waals surface area contributed by atoms with E-state index in [9.17, 15) is 13.2 Å². The minimum absolute atomic E-state index is 0.0597. The predicted octanol–water partition coefficient (Wildman–Crippen LogP) is 3.36. The number of nitrogens with zero attached hydrogens (tertiary/aromatic N) is 3. The molecule has 1 saturated heterocycles. The van der Waals surface area contributed by atoms with Crippen LogP contribution in [-0.2, 0) is 14.6 Å². The maximum Gasteiger partial charge on any atom is 0.221 e. The van der Waals surface area contributed by atoms with Crippen molar-refractivity contribution in [3.05, 3.63) is 53.1 Å². The summed E-state index contributed by atoms with van der Waals surface area (Å²) in [6.07, 6.45) is -0.0597. The Morgan fingerprint density at radius 2 is 1.85 bits per heavy atom. The van der Waals surface area contributed by atoms with Gasteiger partial charge in [-0.05, 0) is 48.9 Å². The molecule has 4 rings (SSSR count). The fraction of sp³-hybridized carbons (Fsp3) is 0.391. The quantitative estimate of drug-likeness (QED) is 0.504. The number of hydrogen-bond donors (Lipinski definition) is 1. The molecule has 0 radical (unpaired) electrons. The van der Waals surface area contributed by atoms with Crippen LogP contribution in [0.1, 0.15) is 12.0 Å². The molecule has 1 fully saturated rings. The lowest BCUT2D eigenvalue weighted by molar-refractivity contribution is -0.120. The summed E-state index contributed by atoms with van der Waals surface area (Å²) < 4.78 is 25.9. The van der Waals surface area contributed by atoms with E-state index in [2.05, 4.69) is 40.2 Å². The molecular weight excluding hydrogens is 480 g/mol. The highest BCUT2D eigenvalue weighted by Gasteiger charge is 2.20. The fourth-order valence-corrected chi connectivity index (χ4v) is 6.23. The molecule has 1 aliphatic rings. The van der Waals surface area contributed by atoms with E-state index in [1.54, 1.807) is 11.3 Å². The summed E-state index contributed by atoms with van der Waals surface area (Å²) in [4.78, 5) is 21.7. The van der Waals surface area contributed by atoms with Gasteiger partial charge in [-0.15, -0.1) is 0 Å². The first-order valence-corrected chi connectivity index (χ1v) is 13.7. The smallest absolute Gasteiger partial charge is 0.221 e. The Morgan fingerprint density at radius 1 is 1.12 bits per heavy atom. The summed E-state index contributed by atoms with van der Waals surface area (Å²) in [5, 5.41) is 4.37. The van der Waals surface area contributed by atoms with Crippen LogP contribution < -0.4 is 10.2 Å². The third-order valence-electron chi connectivity index (χ3n) is 5.70. The number of halogens is 1. The van der Waals surface area contributed by atoms with Crippen LogP contribution in [0.5, 0.6) is 0 Å². The molecule has 0 saturated carbocycles. The molecule has 0 spiro atoms. The molecule has 2 heterocycles. The molecule has 1 N–H and O–H groups in total. The number of piperazine rings is 1. The normalized spacial score (nSPS) is 15.2. The van der Waals surface area contributed by atoms with Gasteiger partial charge in [0.25, 0.3) is 0 Å². The topological polar surface area (TPSA) is 82.6 Å². The summed E-state index contributed by atoms with van der Waals surface area (Å²) in [6, 6.07) is 12.3. The van der Waals surface area contributed by atoms with E-state index in [4.69, 9.17) is 16.6 Å². The molecule has 0 aliphatic carbocycles. The van der Waals surface area contributed by atoms with Crippen molar-refractivity contribution in [3.8, 4) is 0 Å². The van der Waals surface area contributed by atoms with Crippen LogP contribution >= 0.6 is 22.9 Å². The second kappa shape index (κ2) is 10.4. The predicted molar refractivity (Wildman–Crippen MR) is 134 cm³/mol. The molecule has 3 aromatic rings. The Labute approximate surface area is 203 Å².